The maximum Gasteiger partial charge on any atom is 0.262 e. The van der Waals surface area contributed by atoms with Gasteiger partial charge in [0, 0.05) is 12.5 Å². The van der Waals surface area contributed by atoms with E-state index in [2.05, 4.69) is 0 Å². The molecule has 4 heteroatoms. The summed E-state index contributed by atoms with van der Waals surface area (Å²) in [7, 11) is 1.71. The van der Waals surface area contributed by atoms with Gasteiger partial charge in [0.2, 0.25) is 0 Å². The van der Waals surface area contributed by atoms with Crippen LogP contribution >= 0.6 is 0 Å². The summed E-state index contributed by atoms with van der Waals surface area (Å²) in [6.45, 7) is 3.88. The highest BCUT2D eigenvalue weighted by molar-refractivity contribution is 4.91. The molecule has 0 N–H and O–H groups in total. The Morgan fingerprint density at radius 3 is 2.71 bits per heavy atom. The first-order chi connectivity index (χ1) is 6.44. The van der Waals surface area contributed by atoms with E-state index in [4.69, 9.17) is 4.74 Å². The Balaban J connectivity index is 2.40. The van der Waals surface area contributed by atoms with Gasteiger partial charge < -0.3 is 4.74 Å². The number of halogens is 2. The number of hydrogen-bond acceptors (Lipinski definition) is 2. The Hall–Kier alpha value is -0.640. The van der Waals surface area contributed by atoms with Crippen molar-refractivity contribution in [3.63, 3.8) is 0 Å². The standard InChI is InChI=1S/C10H17F2NO/c1-4-8(2)14-6-9-5-10(11,12)7-13(9)3/h4,9H,5-7H2,1-3H3/b8-4-/t9-/m0/s1. The van der Waals surface area contributed by atoms with Crippen LogP contribution in [0.2, 0.25) is 0 Å². The summed E-state index contributed by atoms with van der Waals surface area (Å²) in [5.41, 5.74) is 0. The van der Waals surface area contributed by atoms with Crippen molar-refractivity contribution in [1.82, 2.24) is 4.90 Å². The third-order valence-electron chi connectivity index (χ3n) is 2.55. The van der Waals surface area contributed by atoms with E-state index in [1.165, 1.54) is 0 Å². The molecule has 1 rings (SSSR count). The lowest BCUT2D eigenvalue weighted by Gasteiger charge is -2.18. The Morgan fingerprint density at radius 2 is 2.29 bits per heavy atom. The highest BCUT2D eigenvalue weighted by Crippen LogP contribution is 2.30. The van der Waals surface area contributed by atoms with Gasteiger partial charge in [-0.05, 0) is 20.9 Å². The Labute approximate surface area is 83.5 Å². The predicted molar refractivity (Wildman–Crippen MR) is 51.4 cm³/mol. The van der Waals surface area contributed by atoms with Gasteiger partial charge in [-0.25, -0.2) is 8.78 Å². The smallest absolute Gasteiger partial charge is 0.262 e. The number of nitrogens with zero attached hydrogens (tertiary/aromatic N) is 1. The van der Waals surface area contributed by atoms with Gasteiger partial charge >= 0.3 is 0 Å². The molecule has 0 saturated carbocycles. The van der Waals surface area contributed by atoms with Gasteiger partial charge in [0.1, 0.15) is 6.61 Å². The second-order valence-electron chi connectivity index (χ2n) is 3.84. The predicted octanol–water partition coefficient (Wildman–Crippen LogP) is 2.27. The number of likely N-dealkylation sites (N-methyl/N-ethyl adjacent to an activating group) is 1. The zero-order valence-electron chi connectivity index (χ0n) is 8.89. The first kappa shape index (κ1) is 11.4. The van der Waals surface area contributed by atoms with E-state index in [0.717, 1.165) is 5.76 Å². The molecule has 0 bridgehead atoms. The molecular formula is C10H17F2NO. The molecule has 1 aliphatic heterocycles. The molecule has 0 aromatic carbocycles. The lowest BCUT2D eigenvalue weighted by Crippen LogP contribution is -2.29. The van der Waals surface area contributed by atoms with Gasteiger partial charge in [-0.1, -0.05) is 6.08 Å². The van der Waals surface area contributed by atoms with Crippen molar-refractivity contribution < 1.29 is 13.5 Å². The Kier molecular flexibility index (Phi) is 3.48. The minimum atomic E-state index is -2.55. The van der Waals surface area contributed by atoms with E-state index in [9.17, 15) is 8.78 Å². The number of alkyl halides is 2. The second-order valence-corrected chi connectivity index (χ2v) is 3.84. The SMILES string of the molecule is C/C=C(/C)OC[C@@H]1CC(F)(F)CN1C. The monoisotopic (exact) mass is 205 g/mol. The molecule has 14 heavy (non-hydrogen) atoms. The molecule has 0 aromatic rings. The normalized spacial score (nSPS) is 28.1. The quantitative estimate of drug-likeness (QED) is 0.655. The van der Waals surface area contributed by atoms with Crippen molar-refractivity contribution in [2.75, 3.05) is 20.2 Å². The molecule has 0 unspecified atom stereocenters. The van der Waals surface area contributed by atoms with Gasteiger partial charge in [-0.3, -0.25) is 4.90 Å². The number of allylic oxidation sites excluding steroid dienone is 2. The summed E-state index contributed by atoms with van der Waals surface area (Å²) in [4.78, 5) is 1.66. The lowest BCUT2D eigenvalue weighted by molar-refractivity contribution is 0.0134. The van der Waals surface area contributed by atoms with Crippen molar-refractivity contribution >= 4 is 0 Å². The number of hydrogen-bond donors (Lipinski definition) is 0. The molecule has 1 saturated heterocycles. The lowest BCUT2D eigenvalue weighted by atomic mass is 10.2. The van der Waals surface area contributed by atoms with Crippen molar-refractivity contribution in [2.24, 2.45) is 0 Å². The number of likely N-dealkylation sites (tertiary alicyclic amines) is 1. The van der Waals surface area contributed by atoms with Crippen LogP contribution in [-0.4, -0.2) is 37.1 Å². The molecule has 1 aliphatic rings. The van der Waals surface area contributed by atoms with Crippen molar-refractivity contribution in [1.29, 1.82) is 0 Å². The fourth-order valence-corrected chi connectivity index (χ4v) is 1.56. The summed E-state index contributed by atoms with van der Waals surface area (Å²) in [6.07, 6.45) is 1.73. The highest BCUT2D eigenvalue weighted by Gasteiger charge is 2.43. The third kappa shape index (κ3) is 2.94. The first-order valence-electron chi connectivity index (χ1n) is 4.78. The highest BCUT2D eigenvalue weighted by atomic mass is 19.3. The molecule has 1 atom stereocenters. The van der Waals surface area contributed by atoms with Gasteiger partial charge in [0.05, 0.1) is 12.3 Å². The third-order valence-corrected chi connectivity index (χ3v) is 2.55. The summed E-state index contributed by atoms with van der Waals surface area (Å²) in [5.74, 6) is -1.76. The van der Waals surface area contributed by atoms with Crippen LogP contribution in [0.3, 0.4) is 0 Å². The van der Waals surface area contributed by atoms with Crippen molar-refractivity contribution in [2.45, 2.75) is 32.2 Å². The Bertz CT molecular complexity index is 228. The van der Waals surface area contributed by atoms with E-state index >= 15 is 0 Å². The van der Waals surface area contributed by atoms with Crippen molar-refractivity contribution in [3.8, 4) is 0 Å². The van der Waals surface area contributed by atoms with Crippen molar-refractivity contribution in [3.05, 3.63) is 11.8 Å². The average Bonchev–Trinajstić information content (AvgIpc) is 2.35. The molecular weight excluding hydrogens is 188 g/mol. The minimum Gasteiger partial charge on any atom is -0.497 e. The Morgan fingerprint density at radius 1 is 1.64 bits per heavy atom. The number of ether oxygens (including phenoxy) is 1. The van der Waals surface area contributed by atoms with Crippen LogP contribution in [0.15, 0.2) is 11.8 Å². The van der Waals surface area contributed by atoms with E-state index in [0.29, 0.717) is 6.61 Å². The van der Waals surface area contributed by atoms with Gasteiger partial charge in [0.25, 0.3) is 5.92 Å². The molecule has 1 fully saturated rings. The molecule has 2 nitrogen and oxygen atoms in total. The number of rotatable bonds is 3. The van der Waals surface area contributed by atoms with Crippen LogP contribution in [-0.2, 0) is 4.74 Å². The summed E-state index contributed by atoms with van der Waals surface area (Å²) in [6, 6.07) is -0.167. The topological polar surface area (TPSA) is 12.5 Å². The summed E-state index contributed by atoms with van der Waals surface area (Å²) in [5, 5.41) is 0. The van der Waals surface area contributed by atoms with Gasteiger partial charge in [0.15, 0.2) is 0 Å². The van der Waals surface area contributed by atoms with Crippen LogP contribution in [0.25, 0.3) is 0 Å². The zero-order valence-corrected chi connectivity index (χ0v) is 8.89. The maximum atomic E-state index is 12.9. The van der Waals surface area contributed by atoms with Gasteiger partial charge in [-0.2, -0.15) is 0 Å². The minimum absolute atomic E-state index is 0.0967. The molecule has 0 aliphatic carbocycles. The largest absolute Gasteiger partial charge is 0.497 e. The fraction of sp³-hybridized carbons (Fsp3) is 0.800. The van der Waals surface area contributed by atoms with Crippen LogP contribution < -0.4 is 0 Å². The zero-order chi connectivity index (χ0) is 10.8. The van der Waals surface area contributed by atoms with E-state index < -0.39 is 5.92 Å². The molecule has 0 aromatic heterocycles. The van der Waals surface area contributed by atoms with E-state index in [1.54, 1.807) is 11.9 Å². The van der Waals surface area contributed by atoms with Gasteiger partial charge in [-0.15, -0.1) is 0 Å². The summed E-state index contributed by atoms with van der Waals surface area (Å²) < 4.78 is 31.2. The maximum absolute atomic E-state index is 12.9. The van der Waals surface area contributed by atoms with Crippen LogP contribution in [0.5, 0.6) is 0 Å². The van der Waals surface area contributed by atoms with E-state index in [1.807, 2.05) is 19.9 Å². The molecule has 82 valence electrons. The van der Waals surface area contributed by atoms with Crippen LogP contribution in [0.1, 0.15) is 20.3 Å². The van der Waals surface area contributed by atoms with Crippen LogP contribution in [0.4, 0.5) is 8.78 Å². The fourth-order valence-electron chi connectivity index (χ4n) is 1.56. The van der Waals surface area contributed by atoms with E-state index in [-0.39, 0.29) is 19.0 Å². The second kappa shape index (κ2) is 4.26. The van der Waals surface area contributed by atoms with Crippen LogP contribution in [0, 0.1) is 0 Å². The molecule has 0 radical (unpaired) electrons. The summed E-state index contributed by atoms with van der Waals surface area (Å²) >= 11 is 0. The molecule has 0 spiro atoms. The molecule has 0 amide bonds. The average molecular weight is 205 g/mol. The molecule has 1 heterocycles. The first-order valence-corrected chi connectivity index (χ1v) is 4.78.